The summed E-state index contributed by atoms with van der Waals surface area (Å²) in [5.74, 6) is -0.891. The van der Waals surface area contributed by atoms with Gasteiger partial charge in [-0.25, -0.2) is 4.39 Å². The number of benzene rings is 1. The van der Waals surface area contributed by atoms with E-state index in [1.807, 2.05) is 11.4 Å². The molecule has 2 aromatic heterocycles. The summed E-state index contributed by atoms with van der Waals surface area (Å²) in [6.45, 7) is 0. The minimum atomic E-state index is -1.54. The lowest BCUT2D eigenvalue weighted by Crippen LogP contribution is -2.55. The van der Waals surface area contributed by atoms with Crippen LogP contribution in [0.4, 0.5) is 10.1 Å². The van der Waals surface area contributed by atoms with Crippen molar-refractivity contribution in [2.24, 2.45) is 0 Å². The molecule has 3 N–H and O–H groups in total. The third kappa shape index (κ3) is 4.32. The fourth-order valence-corrected chi connectivity index (χ4v) is 5.36. The molecule has 152 valence electrons. The van der Waals surface area contributed by atoms with Crippen molar-refractivity contribution in [2.45, 2.75) is 18.5 Å². The molecule has 3 aromatic rings. The molecule has 0 radical (unpaired) electrons. The number of likely N-dealkylation sites (N-methyl/N-ethyl adjacent to an activating group) is 1. The molecule has 0 spiro atoms. The van der Waals surface area contributed by atoms with Gasteiger partial charge in [0.25, 0.3) is 0 Å². The Balaban J connectivity index is 1.51. The number of anilines is 1. The summed E-state index contributed by atoms with van der Waals surface area (Å²) < 4.78 is 30.4. The van der Waals surface area contributed by atoms with E-state index >= 15 is 0 Å². The quantitative estimate of drug-likeness (QED) is 0.525. The van der Waals surface area contributed by atoms with Gasteiger partial charge in [0.1, 0.15) is 23.4 Å². The van der Waals surface area contributed by atoms with Crippen LogP contribution in [0.3, 0.4) is 0 Å². The van der Waals surface area contributed by atoms with E-state index in [4.69, 9.17) is 11.6 Å². The Morgan fingerprint density at radius 2 is 2.28 bits per heavy atom. The summed E-state index contributed by atoms with van der Waals surface area (Å²) in [5.41, 5.74) is 2.35. The van der Waals surface area contributed by atoms with Crippen LogP contribution < -0.4 is 10.0 Å². The molecule has 7 nitrogen and oxygen atoms in total. The van der Waals surface area contributed by atoms with Gasteiger partial charge in [0.15, 0.2) is 0 Å². The summed E-state index contributed by atoms with van der Waals surface area (Å²) in [6, 6.07) is 5.10. The van der Waals surface area contributed by atoms with Crippen molar-refractivity contribution in [3.63, 3.8) is 0 Å². The Kier molecular flexibility index (Phi) is 5.91. The molecule has 0 saturated carbocycles. The van der Waals surface area contributed by atoms with E-state index in [-0.39, 0.29) is 17.0 Å². The standard InChI is InChI=1S/C18H17ClFN5O2S2/c1-25-16(18(26)23-12-2-3-14(20)13(19)5-12)6-15(24-29(25)27)17-4-10(9-28-17)11-7-21-22-8-11/h2-5,7-9,15-16,24H,6H2,1H3,(H,21,22)(H,23,26)/t15-,16+,29?/m0/s1. The molecule has 11 heteroatoms. The van der Waals surface area contributed by atoms with Crippen molar-refractivity contribution < 1.29 is 13.7 Å². The highest BCUT2D eigenvalue weighted by atomic mass is 35.5. The van der Waals surface area contributed by atoms with Gasteiger partial charge in [-0.2, -0.15) is 5.10 Å². The summed E-state index contributed by atoms with van der Waals surface area (Å²) >= 11 is 5.78. The van der Waals surface area contributed by atoms with Crippen molar-refractivity contribution >= 4 is 46.1 Å². The molecule has 0 bridgehead atoms. The zero-order valence-electron chi connectivity index (χ0n) is 15.2. The van der Waals surface area contributed by atoms with Crippen LogP contribution >= 0.6 is 22.9 Å². The smallest absolute Gasteiger partial charge is 0.246 e. The molecule has 29 heavy (non-hydrogen) atoms. The van der Waals surface area contributed by atoms with Gasteiger partial charge in [0.05, 0.1) is 17.3 Å². The van der Waals surface area contributed by atoms with E-state index in [0.29, 0.717) is 12.1 Å². The maximum Gasteiger partial charge on any atom is 0.246 e. The molecule has 1 aliphatic rings. The average Bonchev–Trinajstić information content (AvgIpc) is 3.38. The number of hydrogen-bond donors (Lipinski definition) is 3. The molecule has 1 saturated heterocycles. The van der Waals surface area contributed by atoms with Gasteiger partial charge in [-0.05, 0) is 35.2 Å². The predicted molar refractivity (Wildman–Crippen MR) is 112 cm³/mol. The largest absolute Gasteiger partial charge is 0.579 e. The van der Waals surface area contributed by atoms with Gasteiger partial charge in [-0.3, -0.25) is 9.89 Å². The van der Waals surface area contributed by atoms with E-state index in [2.05, 4.69) is 20.2 Å². The van der Waals surface area contributed by atoms with Crippen LogP contribution in [0.25, 0.3) is 11.1 Å². The number of thiophene rings is 1. The lowest BCUT2D eigenvalue weighted by atomic mass is 10.0. The highest BCUT2D eigenvalue weighted by Crippen LogP contribution is 2.35. The second-order valence-corrected chi connectivity index (χ2v) is 9.22. The lowest BCUT2D eigenvalue weighted by Gasteiger charge is -2.35. The third-order valence-electron chi connectivity index (χ3n) is 4.69. The van der Waals surface area contributed by atoms with Crippen LogP contribution in [-0.2, 0) is 16.3 Å². The minimum absolute atomic E-state index is 0.0757. The summed E-state index contributed by atoms with van der Waals surface area (Å²) in [7, 11) is 1.62. The number of nitrogens with one attached hydrogen (secondary N) is 3. The van der Waals surface area contributed by atoms with Gasteiger partial charge in [0, 0.05) is 35.8 Å². The molecule has 1 fully saturated rings. The Morgan fingerprint density at radius 3 is 3.00 bits per heavy atom. The van der Waals surface area contributed by atoms with Crippen molar-refractivity contribution in [2.75, 3.05) is 12.4 Å². The number of aromatic nitrogens is 2. The van der Waals surface area contributed by atoms with Crippen molar-refractivity contribution in [3.05, 3.63) is 57.8 Å². The average molecular weight is 454 g/mol. The Morgan fingerprint density at radius 1 is 1.45 bits per heavy atom. The molecule has 1 aliphatic heterocycles. The number of rotatable bonds is 4. The van der Waals surface area contributed by atoms with E-state index in [1.54, 1.807) is 19.4 Å². The number of halogens is 2. The second kappa shape index (κ2) is 8.42. The van der Waals surface area contributed by atoms with E-state index < -0.39 is 23.4 Å². The highest BCUT2D eigenvalue weighted by Gasteiger charge is 2.41. The van der Waals surface area contributed by atoms with Gasteiger partial charge in [0.2, 0.25) is 5.91 Å². The van der Waals surface area contributed by atoms with E-state index in [1.165, 1.54) is 33.8 Å². The molecule has 3 heterocycles. The van der Waals surface area contributed by atoms with Crippen LogP contribution in [0.2, 0.25) is 5.02 Å². The molecular formula is C18H17ClFN5O2S2. The van der Waals surface area contributed by atoms with Crippen LogP contribution in [0.5, 0.6) is 0 Å². The first kappa shape index (κ1) is 20.3. The number of amides is 1. The number of nitrogens with zero attached hydrogens (tertiary/aromatic N) is 2. The molecule has 1 unspecified atom stereocenters. The Labute approximate surface area is 178 Å². The fourth-order valence-electron chi connectivity index (χ4n) is 3.08. The molecule has 1 aromatic carbocycles. The van der Waals surface area contributed by atoms with Crippen molar-refractivity contribution in [3.8, 4) is 11.1 Å². The number of carbonyl (C=O) groups is 1. The number of aromatic amines is 1. The fraction of sp³-hybridized carbons (Fsp3) is 0.222. The van der Waals surface area contributed by atoms with Crippen LogP contribution in [-0.4, -0.2) is 38.1 Å². The molecule has 0 aliphatic carbocycles. The normalized spacial score (nSPS) is 22.6. The lowest BCUT2D eigenvalue weighted by molar-refractivity contribution is -0.120. The SMILES string of the molecule is CN1[C@@H](C(=O)Nc2ccc(F)c(Cl)c2)C[C@@H](c2cc(-c3cn[nH]c3)cs2)N[S+]1[O-]. The van der Waals surface area contributed by atoms with Crippen LogP contribution in [0.15, 0.2) is 42.0 Å². The zero-order chi connectivity index (χ0) is 20.5. The second-order valence-electron chi connectivity index (χ2n) is 6.56. The van der Waals surface area contributed by atoms with Crippen molar-refractivity contribution in [1.29, 1.82) is 0 Å². The van der Waals surface area contributed by atoms with Crippen molar-refractivity contribution in [1.82, 2.24) is 19.2 Å². The summed E-state index contributed by atoms with van der Waals surface area (Å²) in [6.07, 6.45) is 3.96. The first-order valence-corrected chi connectivity index (χ1v) is 11.0. The van der Waals surface area contributed by atoms with E-state index in [0.717, 1.165) is 16.0 Å². The summed E-state index contributed by atoms with van der Waals surface area (Å²) in [4.78, 5) is 13.8. The molecular weight excluding hydrogens is 437 g/mol. The van der Waals surface area contributed by atoms with Crippen LogP contribution in [0, 0.1) is 5.82 Å². The maximum absolute atomic E-state index is 13.3. The van der Waals surface area contributed by atoms with E-state index in [9.17, 15) is 13.7 Å². The van der Waals surface area contributed by atoms with Crippen LogP contribution in [0.1, 0.15) is 17.3 Å². The topological polar surface area (TPSA) is 96.1 Å². The Bertz CT molecular complexity index is 1020. The van der Waals surface area contributed by atoms with Gasteiger partial charge >= 0.3 is 0 Å². The first-order valence-electron chi connectivity index (χ1n) is 8.67. The number of hydrogen-bond acceptors (Lipinski definition) is 6. The zero-order valence-corrected chi connectivity index (χ0v) is 17.6. The minimum Gasteiger partial charge on any atom is -0.579 e. The van der Waals surface area contributed by atoms with Gasteiger partial charge < -0.3 is 9.87 Å². The van der Waals surface area contributed by atoms with Gasteiger partial charge in [-0.1, -0.05) is 15.9 Å². The van der Waals surface area contributed by atoms with Gasteiger partial charge in [-0.15, -0.1) is 16.1 Å². The predicted octanol–water partition coefficient (Wildman–Crippen LogP) is 3.48. The monoisotopic (exact) mass is 453 g/mol. The third-order valence-corrected chi connectivity index (χ3v) is 7.29. The number of carbonyl (C=O) groups excluding carboxylic acids is 1. The molecule has 1 amide bonds. The first-order chi connectivity index (χ1) is 13.9. The molecule has 4 rings (SSSR count). The number of H-pyrrole nitrogens is 1. The Hall–Kier alpha value is -1.95. The summed E-state index contributed by atoms with van der Waals surface area (Å²) in [5, 5.41) is 11.4. The molecule has 3 atom stereocenters. The maximum atomic E-state index is 13.3. The highest BCUT2D eigenvalue weighted by molar-refractivity contribution is 7.87.